The maximum Gasteiger partial charge on any atom is 0.474 e. The van der Waals surface area contributed by atoms with Gasteiger partial charge in [0.25, 0.3) is 0 Å². The van der Waals surface area contributed by atoms with E-state index in [1.807, 2.05) is 0 Å². The lowest BCUT2D eigenvalue weighted by Gasteiger charge is -2.18. The maximum absolute atomic E-state index is 13.1. The molecule has 4 nitrogen and oxygen atoms in total. The third-order valence-corrected chi connectivity index (χ3v) is 7.27. The summed E-state index contributed by atoms with van der Waals surface area (Å²) in [5.41, 5.74) is 0. The zero-order valence-corrected chi connectivity index (χ0v) is 23.4. The van der Waals surface area contributed by atoms with Crippen molar-refractivity contribution in [3.63, 3.8) is 0 Å². The molecule has 0 aliphatic rings. The van der Waals surface area contributed by atoms with Gasteiger partial charge in [0, 0.05) is 0 Å². The van der Waals surface area contributed by atoms with E-state index in [1.165, 1.54) is 57.8 Å². The molecule has 0 N–H and O–H groups in total. The quantitative estimate of drug-likeness (QED) is 0.103. The van der Waals surface area contributed by atoms with Gasteiger partial charge in [0.1, 0.15) is 0 Å². The minimum absolute atomic E-state index is 0.460. The number of hydrogen-bond donors (Lipinski definition) is 0. The first-order valence-corrected chi connectivity index (χ1v) is 15.2. The van der Waals surface area contributed by atoms with Crippen LogP contribution >= 0.6 is 7.82 Å². The molecule has 0 saturated heterocycles. The molecule has 0 spiro atoms. The van der Waals surface area contributed by atoms with E-state index in [1.54, 1.807) is 0 Å². The molecule has 0 fully saturated rings. The molecule has 32 heavy (non-hydrogen) atoms. The predicted molar refractivity (Wildman–Crippen MR) is 139 cm³/mol. The summed E-state index contributed by atoms with van der Waals surface area (Å²) in [6, 6.07) is 0. The lowest BCUT2D eigenvalue weighted by atomic mass is 10.0. The molecule has 0 amide bonds. The third kappa shape index (κ3) is 23.3. The van der Waals surface area contributed by atoms with Crippen LogP contribution in [0.4, 0.5) is 0 Å². The van der Waals surface area contributed by atoms with Gasteiger partial charge < -0.3 is 0 Å². The molecule has 0 unspecified atom stereocenters. The molecular weight excluding hydrogens is 419 g/mol. The standard InChI is InChI=1S/C27H57O4P/c1-25(2)19-13-7-10-16-22-29-32(28,30-23-17-11-8-14-20-26(3)4)31-24-18-12-9-15-21-27(5)6/h25-27H,7-24H2,1-6H3. The van der Waals surface area contributed by atoms with Gasteiger partial charge in [0.2, 0.25) is 0 Å². The molecule has 0 rings (SSSR count). The molecule has 0 aromatic carbocycles. The second-order valence-electron chi connectivity index (χ2n) is 10.7. The summed E-state index contributed by atoms with van der Waals surface area (Å²) >= 11 is 0. The van der Waals surface area contributed by atoms with Crippen LogP contribution in [0.3, 0.4) is 0 Å². The Bertz CT molecular complexity index is 376. The minimum atomic E-state index is -3.43. The van der Waals surface area contributed by atoms with Crippen molar-refractivity contribution in [1.29, 1.82) is 0 Å². The van der Waals surface area contributed by atoms with Gasteiger partial charge in [-0.15, -0.1) is 0 Å². The van der Waals surface area contributed by atoms with Crippen LogP contribution in [0.5, 0.6) is 0 Å². The second-order valence-corrected chi connectivity index (χ2v) is 12.4. The molecular formula is C27H57O4P. The van der Waals surface area contributed by atoms with Crippen LogP contribution in [0.25, 0.3) is 0 Å². The van der Waals surface area contributed by atoms with Crippen molar-refractivity contribution in [1.82, 2.24) is 0 Å². The number of phosphoric ester groups is 1. The number of rotatable bonds is 24. The second kappa shape index (κ2) is 21.6. The summed E-state index contributed by atoms with van der Waals surface area (Å²) < 4.78 is 30.1. The third-order valence-electron chi connectivity index (χ3n) is 5.78. The fourth-order valence-electron chi connectivity index (χ4n) is 3.67. The van der Waals surface area contributed by atoms with Crippen molar-refractivity contribution in [2.24, 2.45) is 17.8 Å². The van der Waals surface area contributed by atoms with Crippen LogP contribution in [0, 0.1) is 17.8 Å². The van der Waals surface area contributed by atoms with E-state index >= 15 is 0 Å². The van der Waals surface area contributed by atoms with E-state index in [0.29, 0.717) is 19.8 Å². The summed E-state index contributed by atoms with van der Waals surface area (Å²) in [5.74, 6) is 2.30. The summed E-state index contributed by atoms with van der Waals surface area (Å²) in [7, 11) is -3.43. The maximum atomic E-state index is 13.1. The van der Waals surface area contributed by atoms with Crippen LogP contribution in [0.15, 0.2) is 0 Å². The number of unbranched alkanes of at least 4 members (excludes halogenated alkanes) is 9. The molecule has 0 radical (unpaired) electrons. The fraction of sp³-hybridized carbons (Fsp3) is 1.00. The molecule has 194 valence electrons. The van der Waals surface area contributed by atoms with Gasteiger partial charge in [-0.1, -0.05) is 119 Å². The Morgan fingerprint density at radius 2 is 0.688 bits per heavy atom. The normalized spacial score (nSPS) is 12.5. The summed E-state index contributed by atoms with van der Waals surface area (Å²) in [6.07, 6.45) is 17.3. The van der Waals surface area contributed by atoms with Crippen LogP contribution in [-0.4, -0.2) is 19.8 Å². The molecule has 0 aromatic rings. The lowest BCUT2D eigenvalue weighted by molar-refractivity contribution is 0.108. The van der Waals surface area contributed by atoms with Gasteiger partial charge in [0.05, 0.1) is 19.8 Å². The van der Waals surface area contributed by atoms with E-state index in [9.17, 15) is 4.57 Å². The van der Waals surface area contributed by atoms with E-state index in [2.05, 4.69) is 41.5 Å². The monoisotopic (exact) mass is 476 g/mol. The lowest BCUT2D eigenvalue weighted by Crippen LogP contribution is -2.04. The summed E-state index contributed by atoms with van der Waals surface area (Å²) in [6.45, 7) is 15.0. The first-order valence-electron chi connectivity index (χ1n) is 13.8. The Balaban J connectivity index is 4.14. The molecule has 0 bridgehead atoms. The van der Waals surface area contributed by atoms with E-state index in [0.717, 1.165) is 56.3 Å². The van der Waals surface area contributed by atoms with Gasteiger partial charge >= 0.3 is 7.82 Å². The average molecular weight is 477 g/mol. The highest BCUT2D eigenvalue weighted by Gasteiger charge is 2.26. The Morgan fingerprint density at radius 1 is 0.438 bits per heavy atom. The Labute approximate surface area is 201 Å². The number of phosphoric acid groups is 1. The summed E-state index contributed by atoms with van der Waals surface area (Å²) in [5, 5.41) is 0. The van der Waals surface area contributed by atoms with Crippen molar-refractivity contribution in [3.05, 3.63) is 0 Å². The van der Waals surface area contributed by atoms with Crippen LogP contribution in [0.1, 0.15) is 138 Å². The minimum Gasteiger partial charge on any atom is -0.287 e. The van der Waals surface area contributed by atoms with Gasteiger partial charge in [-0.3, -0.25) is 13.6 Å². The van der Waals surface area contributed by atoms with Crippen molar-refractivity contribution in [3.8, 4) is 0 Å². The zero-order chi connectivity index (χ0) is 24.1. The van der Waals surface area contributed by atoms with E-state index in [4.69, 9.17) is 13.6 Å². The number of hydrogen-bond acceptors (Lipinski definition) is 4. The van der Waals surface area contributed by atoms with Crippen LogP contribution in [-0.2, 0) is 18.1 Å². The summed E-state index contributed by atoms with van der Waals surface area (Å²) in [4.78, 5) is 0. The molecule has 0 aliphatic carbocycles. The van der Waals surface area contributed by atoms with Crippen molar-refractivity contribution in [2.75, 3.05) is 19.8 Å². The first kappa shape index (κ1) is 32.1. The molecule has 0 saturated carbocycles. The van der Waals surface area contributed by atoms with Gasteiger partial charge in [-0.2, -0.15) is 0 Å². The topological polar surface area (TPSA) is 44.8 Å². The predicted octanol–water partition coefficient (Wildman–Crippen LogP) is 9.96. The highest BCUT2D eigenvalue weighted by atomic mass is 31.2. The zero-order valence-electron chi connectivity index (χ0n) is 22.5. The van der Waals surface area contributed by atoms with Crippen molar-refractivity contribution >= 4 is 7.82 Å². The van der Waals surface area contributed by atoms with Crippen LogP contribution in [0.2, 0.25) is 0 Å². The molecule has 5 heteroatoms. The molecule has 0 heterocycles. The van der Waals surface area contributed by atoms with Crippen molar-refractivity contribution < 1.29 is 18.1 Å². The largest absolute Gasteiger partial charge is 0.474 e. The SMILES string of the molecule is CC(C)CCCCCCOP(=O)(OCCCCCCC(C)C)OCCCCCCC(C)C. The van der Waals surface area contributed by atoms with E-state index < -0.39 is 7.82 Å². The smallest absolute Gasteiger partial charge is 0.287 e. The van der Waals surface area contributed by atoms with Crippen LogP contribution < -0.4 is 0 Å². The van der Waals surface area contributed by atoms with Gasteiger partial charge in [-0.25, -0.2) is 4.57 Å². The van der Waals surface area contributed by atoms with Gasteiger partial charge in [-0.05, 0) is 37.0 Å². The van der Waals surface area contributed by atoms with E-state index in [-0.39, 0.29) is 0 Å². The molecule has 0 aromatic heterocycles. The molecule has 0 aliphatic heterocycles. The Morgan fingerprint density at radius 3 is 0.938 bits per heavy atom. The Hall–Kier alpha value is 0.110. The fourth-order valence-corrected chi connectivity index (χ4v) is 4.95. The highest BCUT2D eigenvalue weighted by Crippen LogP contribution is 2.50. The Kier molecular flexibility index (Phi) is 21.7. The van der Waals surface area contributed by atoms with Crippen molar-refractivity contribution in [2.45, 2.75) is 138 Å². The average Bonchev–Trinajstić information content (AvgIpc) is 2.71. The van der Waals surface area contributed by atoms with Gasteiger partial charge in [0.15, 0.2) is 0 Å². The highest BCUT2D eigenvalue weighted by molar-refractivity contribution is 7.48. The first-order chi connectivity index (χ1) is 15.2. The molecule has 0 atom stereocenters.